The van der Waals surface area contributed by atoms with Crippen molar-refractivity contribution in [3.63, 3.8) is 0 Å². The molecule has 188 valence electrons. The van der Waals surface area contributed by atoms with Crippen molar-refractivity contribution < 1.29 is 4.74 Å². The summed E-state index contributed by atoms with van der Waals surface area (Å²) >= 11 is 17.1. The van der Waals surface area contributed by atoms with Crippen molar-refractivity contribution >= 4 is 61.5 Å². The van der Waals surface area contributed by atoms with Gasteiger partial charge in [0.05, 0.1) is 26.8 Å². The Bertz CT molecular complexity index is 1930. The normalized spacial score (nSPS) is 11.9. The highest BCUT2D eigenvalue weighted by Crippen LogP contribution is 2.32. The van der Waals surface area contributed by atoms with Crippen LogP contribution in [0, 0.1) is 0 Å². The van der Waals surface area contributed by atoms with Gasteiger partial charge in [0.25, 0.3) is 5.56 Å². The molecule has 0 bridgehead atoms. The summed E-state index contributed by atoms with van der Waals surface area (Å²) in [6, 6.07) is 20.6. The quantitative estimate of drug-likeness (QED) is 0.225. The summed E-state index contributed by atoms with van der Waals surface area (Å²) < 4.78 is 9.75. The SMILES string of the molecule is COc1ccc(-c2nn(-c3ccccc3)cc2/C=c2\sc3nc(-c4ccc(Cl)cc4Cl)nn3c2=O)cc1Br. The van der Waals surface area contributed by atoms with E-state index in [0.717, 1.165) is 21.3 Å². The van der Waals surface area contributed by atoms with Gasteiger partial charge in [-0.3, -0.25) is 4.79 Å². The topological polar surface area (TPSA) is 74.3 Å². The summed E-state index contributed by atoms with van der Waals surface area (Å²) in [6.45, 7) is 0. The van der Waals surface area contributed by atoms with Gasteiger partial charge >= 0.3 is 0 Å². The number of aromatic nitrogens is 5. The largest absolute Gasteiger partial charge is 0.496 e. The number of fused-ring (bicyclic) bond motifs is 1. The summed E-state index contributed by atoms with van der Waals surface area (Å²) in [6.07, 6.45) is 3.72. The number of ether oxygens (including phenoxy) is 1. The van der Waals surface area contributed by atoms with E-state index in [9.17, 15) is 4.79 Å². The van der Waals surface area contributed by atoms with Gasteiger partial charge in [0.2, 0.25) is 4.96 Å². The first-order chi connectivity index (χ1) is 18.4. The second-order valence-electron chi connectivity index (χ2n) is 8.23. The molecule has 3 aromatic heterocycles. The molecule has 0 aliphatic carbocycles. The van der Waals surface area contributed by atoms with E-state index in [1.54, 1.807) is 30.0 Å². The third-order valence-corrected chi connectivity index (χ3v) is 7.96. The van der Waals surface area contributed by atoms with Gasteiger partial charge in [-0.15, -0.1) is 5.10 Å². The molecule has 0 saturated heterocycles. The standard InChI is InChI=1S/C27H16BrCl2N5O2S/c1-37-22-10-7-15(11-20(22)28)24-16(14-34(32-24)18-5-3-2-4-6-18)12-23-26(36)35-27(38-23)31-25(33-35)19-9-8-17(29)13-21(19)30/h2-14H,1H3/b23-12-. The number of para-hydroxylation sites is 1. The first-order valence-electron chi connectivity index (χ1n) is 11.3. The van der Waals surface area contributed by atoms with E-state index in [1.165, 1.54) is 15.9 Å². The predicted molar refractivity (Wildman–Crippen MR) is 155 cm³/mol. The lowest BCUT2D eigenvalue weighted by atomic mass is 10.1. The predicted octanol–water partition coefficient (Wildman–Crippen LogP) is 6.30. The third kappa shape index (κ3) is 4.52. The molecule has 3 aromatic carbocycles. The van der Waals surface area contributed by atoms with Gasteiger partial charge in [-0.25, -0.2) is 4.68 Å². The van der Waals surface area contributed by atoms with Gasteiger partial charge in [0.1, 0.15) is 11.4 Å². The Morgan fingerprint density at radius 1 is 1.03 bits per heavy atom. The highest BCUT2D eigenvalue weighted by Gasteiger charge is 2.17. The van der Waals surface area contributed by atoms with Crippen molar-refractivity contribution in [3.05, 3.63) is 108 Å². The zero-order chi connectivity index (χ0) is 26.4. The number of hydrogen-bond donors (Lipinski definition) is 0. The highest BCUT2D eigenvalue weighted by molar-refractivity contribution is 9.10. The van der Waals surface area contributed by atoms with Crippen LogP contribution in [0.1, 0.15) is 5.56 Å². The number of benzene rings is 3. The molecule has 0 fully saturated rings. The van der Waals surface area contributed by atoms with Crippen molar-refractivity contribution in [3.8, 4) is 34.1 Å². The van der Waals surface area contributed by atoms with Crippen LogP contribution < -0.4 is 14.8 Å². The maximum Gasteiger partial charge on any atom is 0.291 e. The fraction of sp³-hybridized carbons (Fsp3) is 0.0370. The summed E-state index contributed by atoms with van der Waals surface area (Å²) in [5, 5.41) is 10.2. The van der Waals surface area contributed by atoms with E-state index in [4.69, 9.17) is 33.0 Å². The summed E-state index contributed by atoms with van der Waals surface area (Å²) in [5.74, 6) is 1.08. The zero-order valence-electron chi connectivity index (χ0n) is 19.6. The van der Waals surface area contributed by atoms with Crippen molar-refractivity contribution in [2.24, 2.45) is 0 Å². The lowest BCUT2D eigenvalue weighted by Gasteiger charge is -2.05. The lowest BCUT2D eigenvalue weighted by molar-refractivity contribution is 0.412. The van der Waals surface area contributed by atoms with Crippen molar-refractivity contribution in [2.75, 3.05) is 7.11 Å². The maximum absolute atomic E-state index is 13.3. The first kappa shape index (κ1) is 24.8. The molecule has 0 unspecified atom stereocenters. The molecular formula is C27H16BrCl2N5O2S. The Kier molecular flexibility index (Phi) is 6.53. The Hall–Kier alpha value is -3.50. The van der Waals surface area contributed by atoms with Crippen LogP contribution in [-0.2, 0) is 0 Å². The second kappa shape index (κ2) is 9.99. The molecular weight excluding hydrogens is 609 g/mol. The van der Waals surface area contributed by atoms with Crippen LogP contribution in [0.25, 0.3) is 39.4 Å². The zero-order valence-corrected chi connectivity index (χ0v) is 23.5. The molecule has 7 nitrogen and oxygen atoms in total. The van der Waals surface area contributed by atoms with Crippen LogP contribution in [0.15, 0.2) is 82.2 Å². The fourth-order valence-corrected chi connectivity index (χ4v) is 5.94. The van der Waals surface area contributed by atoms with E-state index >= 15 is 0 Å². The highest BCUT2D eigenvalue weighted by atomic mass is 79.9. The molecule has 3 heterocycles. The molecule has 6 aromatic rings. The van der Waals surface area contributed by atoms with Crippen molar-refractivity contribution in [1.82, 2.24) is 24.4 Å². The molecule has 0 atom stereocenters. The fourth-order valence-electron chi connectivity index (χ4n) is 4.00. The molecule has 0 amide bonds. The number of halogens is 3. The van der Waals surface area contributed by atoms with Crippen LogP contribution in [0.5, 0.6) is 5.75 Å². The van der Waals surface area contributed by atoms with Gasteiger partial charge in [-0.1, -0.05) is 52.7 Å². The molecule has 38 heavy (non-hydrogen) atoms. The van der Waals surface area contributed by atoms with E-state index in [2.05, 4.69) is 26.0 Å². The number of methoxy groups -OCH3 is 1. The van der Waals surface area contributed by atoms with E-state index in [1.807, 2.05) is 60.8 Å². The van der Waals surface area contributed by atoms with Crippen LogP contribution >= 0.6 is 50.5 Å². The lowest BCUT2D eigenvalue weighted by Crippen LogP contribution is -2.23. The molecule has 0 saturated carbocycles. The molecule has 0 aliphatic rings. The molecule has 0 spiro atoms. The Morgan fingerprint density at radius 3 is 2.55 bits per heavy atom. The van der Waals surface area contributed by atoms with Crippen molar-refractivity contribution in [1.29, 1.82) is 0 Å². The summed E-state index contributed by atoms with van der Waals surface area (Å²) in [7, 11) is 1.62. The van der Waals surface area contributed by atoms with Gasteiger partial charge in [0, 0.05) is 27.9 Å². The average Bonchev–Trinajstić information content (AvgIpc) is 3.60. The summed E-state index contributed by atoms with van der Waals surface area (Å²) in [4.78, 5) is 18.3. The number of hydrogen-bond acceptors (Lipinski definition) is 6. The molecule has 6 rings (SSSR count). The minimum Gasteiger partial charge on any atom is -0.496 e. The summed E-state index contributed by atoms with van der Waals surface area (Å²) in [5.41, 5.74) is 3.58. The average molecular weight is 625 g/mol. The van der Waals surface area contributed by atoms with Gasteiger partial charge in [0.15, 0.2) is 5.82 Å². The smallest absolute Gasteiger partial charge is 0.291 e. The molecule has 11 heteroatoms. The van der Waals surface area contributed by atoms with E-state index in [0.29, 0.717) is 42.4 Å². The Morgan fingerprint density at radius 2 is 1.84 bits per heavy atom. The molecule has 0 aliphatic heterocycles. The third-order valence-electron chi connectivity index (χ3n) is 5.83. The van der Waals surface area contributed by atoms with Gasteiger partial charge < -0.3 is 4.74 Å². The maximum atomic E-state index is 13.3. The van der Waals surface area contributed by atoms with E-state index < -0.39 is 0 Å². The second-order valence-corrected chi connectivity index (χ2v) is 10.9. The molecule has 0 radical (unpaired) electrons. The Balaban J connectivity index is 1.49. The monoisotopic (exact) mass is 623 g/mol. The Labute approximate surface area is 238 Å². The van der Waals surface area contributed by atoms with Crippen LogP contribution in [0.2, 0.25) is 10.0 Å². The van der Waals surface area contributed by atoms with Crippen LogP contribution in [0.3, 0.4) is 0 Å². The van der Waals surface area contributed by atoms with Crippen LogP contribution in [-0.4, -0.2) is 31.5 Å². The minimum atomic E-state index is -0.275. The minimum absolute atomic E-state index is 0.275. The van der Waals surface area contributed by atoms with Gasteiger partial charge in [-0.2, -0.15) is 14.6 Å². The van der Waals surface area contributed by atoms with E-state index in [-0.39, 0.29) is 5.56 Å². The molecule has 0 N–H and O–H groups in total. The number of thiazole rings is 1. The number of nitrogens with zero attached hydrogens (tertiary/aromatic N) is 5. The number of rotatable bonds is 5. The first-order valence-corrected chi connectivity index (χ1v) is 13.6. The van der Waals surface area contributed by atoms with Gasteiger partial charge in [-0.05, 0) is 70.5 Å². The van der Waals surface area contributed by atoms with Crippen molar-refractivity contribution in [2.45, 2.75) is 0 Å². The van der Waals surface area contributed by atoms with Crippen LogP contribution in [0.4, 0.5) is 0 Å².